The number of hydrogen-bond acceptors (Lipinski definition) is 4. The third kappa shape index (κ3) is 3.63. The Bertz CT molecular complexity index is 1060. The van der Waals surface area contributed by atoms with Crippen LogP contribution in [0, 0.1) is 0 Å². The molecule has 0 aliphatic rings. The van der Waals surface area contributed by atoms with Crippen molar-refractivity contribution in [2.24, 2.45) is 5.10 Å². The molecular weight excluding hydrogens is 388 g/mol. The topological polar surface area (TPSA) is 50.2 Å². The lowest BCUT2D eigenvalue weighted by atomic mass is 10.1. The maximum Gasteiger partial charge on any atom is 0.244 e. The van der Waals surface area contributed by atoms with Crippen LogP contribution in [0.25, 0.3) is 22.2 Å². The van der Waals surface area contributed by atoms with E-state index in [-0.39, 0.29) is 0 Å². The zero-order valence-corrected chi connectivity index (χ0v) is 15.4. The summed E-state index contributed by atoms with van der Waals surface area (Å²) in [5.74, 6) is 0.468. The molecule has 4 rings (SSSR count). The molecule has 1 aromatic heterocycles. The van der Waals surface area contributed by atoms with Crippen molar-refractivity contribution in [3.8, 4) is 11.3 Å². The number of rotatable bonds is 4. The van der Waals surface area contributed by atoms with Crippen LogP contribution < -0.4 is 5.43 Å². The number of halogens is 1. The predicted octanol–water partition coefficient (Wildman–Crippen LogP) is 5.51. The van der Waals surface area contributed by atoms with Crippen LogP contribution in [0.4, 0.5) is 5.95 Å². The van der Waals surface area contributed by atoms with Gasteiger partial charge in [-0.3, -0.25) is 0 Å². The van der Waals surface area contributed by atoms with Gasteiger partial charge in [0.25, 0.3) is 0 Å². The molecule has 5 heteroatoms. The van der Waals surface area contributed by atoms with Crippen LogP contribution in [0.2, 0.25) is 0 Å². The number of para-hydroxylation sites is 1. The van der Waals surface area contributed by atoms with Crippen LogP contribution >= 0.6 is 15.9 Å². The van der Waals surface area contributed by atoms with E-state index < -0.39 is 0 Å². The molecule has 126 valence electrons. The van der Waals surface area contributed by atoms with Crippen molar-refractivity contribution in [1.82, 2.24) is 9.97 Å². The van der Waals surface area contributed by atoms with Crippen molar-refractivity contribution in [2.45, 2.75) is 0 Å². The van der Waals surface area contributed by atoms with Gasteiger partial charge in [-0.05, 0) is 23.8 Å². The molecule has 0 saturated carbocycles. The Balaban J connectivity index is 1.68. The molecule has 0 amide bonds. The first-order valence-corrected chi connectivity index (χ1v) is 8.96. The number of nitrogens with zero attached hydrogens (tertiary/aromatic N) is 3. The summed E-state index contributed by atoms with van der Waals surface area (Å²) in [7, 11) is 0. The third-order valence-corrected chi connectivity index (χ3v) is 4.43. The minimum atomic E-state index is 0.468. The summed E-state index contributed by atoms with van der Waals surface area (Å²) >= 11 is 3.42. The smallest absolute Gasteiger partial charge is 0.244 e. The summed E-state index contributed by atoms with van der Waals surface area (Å²) in [5, 5.41) is 5.28. The summed E-state index contributed by atoms with van der Waals surface area (Å²) in [6.07, 6.45) is 1.74. The summed E-state index contributed by atoms with van der Waals surface area (Å²) < 4.78 is 1.04. The SMILES string of the molecule is Brc1ccc(/C=N/Nc2nc(-c3ccccc3)c3ccccc3n2)cc1. The zero-order chi connectivity index (χ0) is 17.8. The molecular formula is C21H15BrN4. The normalized spacial score (nSPS) is 11.1. The molecule has 0 fully saturated rings. The van der Waals surface area contributed by atoms with Crippen LogP contribution in [0.1, 0.15) is 5.56 Å². The monoisotopic (exact) mass is 402 g/mol. The molecule has 3 aromatic carbocycles. The molecule has 0 bridgehead atoms. The van der Waals surface area contributed by atoms with Gasteiger partial charge in [-0.15, -0.1) is 0 Å². The van der Waals surface area contributed by atoms with E-state index in [1.807, 2.05) is 78.9 Å². The molecule has 26 heavy (non-hydrogen) atoms. The van der Waals surface area contributed by atoms with Gasteiger partial charge in [0.05, 0.1) is 17.4 Å². The van der Waals surface area contributed by atoms with Crippen molar-refractivity contribution in [1.29, 1.82) is 0 Å². The molecule has 1 heterocycles. The fourth-order valence-electron chi connectivity index (χ4n) is 2.66. The molecule has 0 spiro atoms. The van der Waals surface area contributed by atoms with Crippen molar-refractivity contribution in [3.63, 3.8) is 0 Å². The maximum atomic E-state index is 4.67. The van der Waals surface area contributed by atoms with Crippen molar-refractivity contribution in [3.05, 3.63) is 88.9 Å². The molecule has 1 N–H and O–H groups in total. The lowest BCUT2D eigenvalue weighted by Gasteiger charge is -2.08. The first-order valence-electron chi connectivity index (χ1n) is 8.16. The maximum absolute atomic E-state index is 4.67. The second kappa shape index (κ2) is 7.45. The van der Waals surface area contributed by atoms with Crippen molar-refractivity contribution in [2.75, 3.05) is 5.43 Å². The standard InChI is InChI=1S/C21H15BrN4/c22-17-12-10-15(11-13-17)14-23-26-21-24-19-9-5-4-8-18(19)20(25-21)16-6-2-1-3-7-16/h1-14H,(H,24,25,26)/b23-14+. The highest BCUT2D eigenvalue weighted by Crippen LogP contribution is 2.26. The first kappa shape index (κ1) is 16.4. The first-order chi connectivity index (χ1) is 12.8. The molecule has 4 aromatic rings. The Kier molecular flexibility index (Phi) is 4.71. The number of aromatic nitrogens is 2. The number of fused-ring (bicyclic) bond motifs is 1. The molecule has 0 atom stereocenters. The highest BCUT2D eigenvalue weighted by Gasteiger charge is 2.08. The minimum absolute atomic E-state index is 0.468. The Hall–Kier alpha value is -3.05. The Morgan fingerprint density at radius 2 is 1.54 bits per heavy atom. The number of benzene rings is 3. The Morgan fingerprint density at radius 3 is 2.35 bits per heavy atom. The van der Waals surface area contributed by atoms with Gasteiger partial charge in [0.2, 0.25) is 5.95 Å². The van der Waals surface area contributed by atoms with Gasteiger partial charge >= 0.3 is 0 Å². The van der Waals surface area contributed by atoms with E-state index >= 15 is 0 Å². The molecule has 0 aliphatic heterocycles. The van der Waals surface area contributed by atoms with E-state index in [1.165, 1.54) is 0 Å². The number of nitrogens with one attached hydrogen (secondary N) is 1. The fraction of sp³-hybridized carbons (Fsp3) is 0. The highest BCUT2D eigenvalue weighted by atomic mass is 79.9. The number of hydrazone groups is 1. The van der Waals surface area contributed by atoms with Crippen LogP contribution in [-0.2, 0) is 0 Å². The molecule has 0 unspecified atom stereocenters. The van der Waals surface area contributed by atoms with E-state index in [0.29, 0.717) is 5.95 Å². The van der Waals surface area contributed by atoms with Gasteiger partial charge in [-0.25, -0.2) is 15.4 Å². The van der Waals surface area contributed by atoms with E-state index in [9.17, 15) is 0 Å². The zero-order valence-electron chi connectivity index (χ0n) is 13.8. The van der Waals surface area contributed by atoms with Gasteiger partial charge in [0, 0.05) is 15.4 Å². The van der Waals surface area contributed by atoms with Crippen LogP contribution in [-0.4, -0.2) is 16.2 Å². The summed E-state index contributed by atoms with van der Waals surface area (Å²) in [5.41, 5.74) is 6.75. The van der Waals surface area contributed by atoms with Gasteiger partial charge in [-0.2, -0.15) is 5.10 Å². The average Bonchev–Trinajstić information content (AvgIpc) is 2.69. The summed E-state index contributed by atoms with van der Waals surface area (Å²) in [4.78, 5) is 9.24. The molecule has 0 saturated heterocycles. The lowest BCUT2D eigenvalue weighted by molar-refractivity contribution is 1.16. The van der Waals surface area contributed by atoms with Crippen LogP contribution in [0.3, 0.4) is 0 Å². The Morgan fingerprint density at radius 1 is 0.808 bits per heavy atom. The van der Waals surface area contributed by atoms with Crippen LogP contribution in [0.15, 0.2) is 88.4 Å². The largest absolute Gasteiger partial charge is 0.245 e. The van der Waals surface area contributed by atoms with E-state index in [2.05, 4.69) is 36.4 Å². The van der Waals surface area contributed by atoms with E-state index in [4.69, 9.17) is 0 Å². The van der Waals surface area contributed by atoms with Gasteiger partial charge < -0.3 is 0 Å². The van der Waals surface area contributed by atoms with Crippen LogP contribution in [0.5, 0.6) is 0 Å². The molecule has 0 aliphatic carbocycles. The lowest BCUT2D eigenvalue weighted by Crippen LogP contribution is -1.99. The van der Waals surface area contributed by atoms with E-state index in [1.54, 1.807) is 6.21 Å². The highest BCUT2D eigenvalue weighted by molar-refractivity contribution is 9.10. The quantitative estimate of drug-likeness (QED) is 0.361. The second-order valence-corrected chi connectivity index (χ2v) is 6.62. The fourth-order valence-corrected chi connectivity index (χ4v) is 2.92. The summed E-state index contributed by atoms with van der Waals surface area (Å²) in [6, 6.07) is 26.0. The van der Waals surface area contributed by atoms with Crippen molar-refractivity contribution < 1.29 is 0 Å². The minimum Gasteiger partial charge on any atom is -0.245 e. The average molecular weight is 403 g/mol. The summed E-state index contributed by atoms with van der Waals surface area (Å²) in [6.45, 7) is 0. The van der Waals surface area contributed by atoms with Gasteiger partial charge in [-0.1, -0.05) is 76.6 Å². The van der Waals surface area contributed by atoms with Crippen molar-refractivity contribution >= 4 is 39.0 Å². The van der Waals surface area contributed by atoms with Gasteiger partial charge in [0.15, 0.2) is 0 Å². The molecule has 0 radical (unpaired) electrons. The second-order valence-electron chi connectivity index (χ2n) is 5.70. The number of anilines is 1. The number of hydrogen-bond donors (Lipinski definition) is 1. The van der Waals surface area contributed by atoms with E-state index in [0.717, 1.165) is 32.2 Å². The predicted molar refractivity (Wildman–Crippen MR) is 110 cm³/mol. The van der Waals surface area contributed by atoms with Gasteiger partial charge in [0.1, 0.15) is 0 Å². The Labute approximate surface area is 159 Å². The molecule has 4 nitrogen and oxygen atoms in total. The third-order valence-electron chi connectivity index (χ3n) is 3.90.